The quantitative estimate of drug-likeness (QED) is 0.717. The molecule has 0 aliphatic carbocycles. The summed E-state index contributed by atoms with van der Waals surface area (Å²) in [7, 11) is 0. The summed E-state index contributed by atoms with van der Waals surface area (Å²) in [6.45, 7) is 6.30. The molecular formula is C17H24BrClN2. The van der Waals surface area contributed by atoms with Gasteiger partial charge in [0.05, 0.1) is 0 Å². The summed E-state index contributed by atoms with van der Waals surface area (Å²) in [6, 6.07) is 6.48. The Labute approximate surface area is 141 Å². The van der Waals surface area contributed by atoms with E-state index in [9.17, 15) is 0 Å². The van der Waals surface area contributed by atoms with Crippen LogP contribution in [0.3, 0.4) is 0 Å². The second-order valence-corrected chi connectivity index (χ2v) is 7.32. The van der Waals surface area contributed by atoms with Gasteiger partial charge in [-0.25, -0.2) is 0 Å². The summed E-state index contributed by atoms with van der Waals surface area (Å²) < 4.78 is 0. The van der Waals surface area contributed by atoms with Crippen molar-refractivity contribution < 1.29 is 0 Å². The van der Waals surface area contributed by atoms with Gasteiger partial charge in [-0.05, 0) is 62.4 Å². The highest BCUT2D eigenvalue weighted by Gasteiger charge is 2.23. The van der Waals surface area contributed by atoms with Gasteiger partial charge in [-0.1, -0.05) is 33.6 Å². The van der Waals surface area contributed by atoms with E-state index >= 15 is 0 Å². The summed E-state index contributed by atoms with van der Waals surface area (Å²) in [5.74, 6) is 0.886. The average Bonchev–Trinajstić information content (AvgIpc) is 3.01. The number of piperidine rings is 1. The van der Waals surface area contributed by atoms with Crippen molar-refractivity contribution in [2.75, 3.05) is 37.6 Å². The number of anilines is 1. The van der Waals surface area contributed by atoms with E-state index < -0.39 is 0 Å². The highest BCUT2D eigenvalue weighted by atomic mass is 79.9. The number of alkyl halides is 1. The van der Waals surface area contributed by atoms with E-state index in [1.54, 1.807) is 0 Å². The minimum Gasteiger partial charge on any atom is -0.371 e. The van der Waals surface area contributed by atoms with Crippen LogP contribution in [0, 0.1) is 5.92 Å². The van der Waals surface area contributed by atoms with Crippen molar-refractivity contribution in [2.24, 2.45) is 5.92 Å². The van der Waals surface area contributed by atoms with Crippen LogP contribution in [0.15, 0.2) is 18.2 Å². The first-order valence-electron chi connectivity index (χ1n) is 8.08. The molecule has 2 saturated heterocycles. The largest absolute Gasteiger partial charge is 0.371 e. The molecule has 4 heteroatoms. The lowest BCUT2D eigenvalue weighted by Crippen LogP contribution is -2.38. The molecule has 0 bridgehead atoms. The SMILES string of the molecule is Clc1cc(N2CCC(CN3CCCC3)CC2)ccc1CBr. The molecule has 21 heavy (non-hydrogen) atoms. The van der Waals surface area contributed by atoms with Crippen LogP contribution in [0.5, 0.6) is 0 Å². The van der Waals surface area contributed by atoms with Gasteiger partial charge in [0.1, 0.15) is 0 Å². The van der Waals surface area contributed by atoms with Crippen LogP contribution in [-0.2, 0) is 5.33 Å². The van der Waals surface area contributed by atoms with Gasteiger partial charge in [-0.15, -0.1) is 0 Å². The molecule has 2 aliphatic heterocycles. The third-order valence-corrected chi connectivity index (χ3v) is 5.83. The van der Waals surface area contributed by atoms with Crippen molar-refractivity contribution >= 4 is 33.2 Å². The zero-order valence-electron chi connectivity index (χ0n) is 12.5. The fourth-order valence-corrected chi connectivity index (χ4v) is 4.44. The molecule has 1 aromatic rings. The molecule has 0 spiro atoms. The Bertz CT molecular complexity index is 466. The Morgan fingerprint density at radius 3 is 2.43 bits per heavy atom. The van der Waals surface area contributed by atoms with Crippen LogP contribution >= 0.6 is 27.5 Å². The molecule has 116 valence electrons. The molecule has 2 heterocycles. The normalized spacial score (nSPS) is 21.1. The summed E-state index contributed by atoms with van der Waals surface area (Å²) in [4.78, 5) is 5.15. The Kier molecular flexibility index (Phi) is 5.47. The summed E-state index contributed by atoms with van der Waals surface area (Å²) in [6.07, 6.45) is 5.43. The fraction of sp³-hybridized carbons (Fsp3) is 0.647. The Morgan fingerprint density at radius 1 is 1.10 bits per heavy atom. The zero-order valence-corrected chi connectivity index (χ0v) is 14.9. The van der Waals surface area contributed by atoms with Gasteiger partial charge in [-0.2, -0.15) is 0 Å². The van der Waals surface area contributed by atoms with Crippen LogP contribution in [-0.4, -0.2) is 37.6 Å². The molecule has 2 nitrogen and oxygen atoms in total. The van der Waals surface area contributed by atoms with Crippen molar-refractivity contribution in [3.05, 3.63) is 28.8 Å². The summed E-state index contributed by atoms with van der Waals surface area (Å²) in [5.41, 5.74) is 2.45. The first-order chi connectivity index (χ1) is 10.3. The standard InChI is InChI=1S/C17H24BrClN2/c18-12-15-3-4-16(11-17(15)19)21-9-5-14(6-10-21)13-20-7-1-2-8-20/h3-4,11,14H,1-2,5-10,12-13H2. The highest BCUT2D eigenvalue weighted by Crippen LogP contribution is 2.29. The number of nitrogens with zero attached hydrogens (tertiary/aromatic N) is 2. The number of halogens is 2. The maximum atomic E-state index is 6.33. The van der Waals surface area contributed by atoms with Crippen molar-refractivity contribution in [1.82, 2.24) is 4.90 Å². The summed E-state index contributed by atoms with van der Waals surface area (Å²) >= 11 is 9.80. The van der Waals surface area contributed by atoms with E-state index in [1.165, 1.54) is 69.7 Å². The Hall–Kier alpha value is -0.250. The lowest BCUT2D eigenvalue weighted by Gasteiger charge is -2.35. The molecule has 3 rings (SSSR count). The van der Waals surface area contributed by atoms with Crippen molar-refractivity contribution in [3.63, 3.8) is 0 Å². The van der Waals surface area contributed by atoms with Crippen LogP contribution in [0.4, 0.5) is 5.69 Å². The molecule has 0 aromatic heterocycles. The van der Waals surface area contributed by atoms with Gasteiger partial charge in [-0.3, -0.25) is 0 Å². The molecule has 0 amide bonds. The van der Waals surface area contributed by atoms with Gasteiger partial charge in [0.2, 0.25) is 0 Å². The first-order valence-corrected chi connectivity index (χ1v) is 9.58. The minimum atomic E-state index is 0.823. The third kappa shape index (κ3) is 3.94. The number of rotatable bonds is 4. The second-order valence-electron chi connectivity index (χ2n) is 6.35. The molecule has 1 aromatic carbocycles. The van der Waals surface area contributed by atoms with Gasteiger partial charge in [0.25, 0.3) is 0 Å². The predicted molar refractivity (Wildman–Crippen MR) is 94.7 cm³/mol. The summed E-state index contributed by atoms with van der Waals surface area (Å²) in [5, 5.41) is 1.70. The predicted octanol–water partition coefficient (Wildman–Crippen LogP) is 4.55. The molecule has 0 atom stereocenters. The molecule has 0 saturated carbocycles. The Balaban J connectivity index is 1.54. The van der Waals surface area contributed by atoms with Crippen LogP contribution in [0.25, 0.3) is 0 Å². The molecule has 0 N–H and O–H groups in total. The second kappa shape index (κ2) is 7.34. The van der Waals surface area contributed by atoms with Crippen LogP contribution in [0.1, 0.15) is 31.2 Å². The van der Waals surface area contributed by atoms with Crippen LogP contribution < -0.4 is 4.90 Å². The first kappa shape index (κ1) is 15.6. The third-order valence-electron chi connectivity index (χ3n) is 4.88. The van der Waals surface area contributed by atoms with Gasteiger partial charge < -0.3 is 9.80 Å². The zero-order chi connectivity index (χ0) is 14.7. The monoisotopic (exact) mass is 370 g/mol. The molecular weight excluding hydrogens is 348 g/mol. The van der Waals surface area contributed by atoms with Crippen molar-refractivity contribution in [3.8, 4) is 0 Å². The lowest BCUT2D eigenvalue weighted by atomic mass is 9.96. The number of benzene rings is 1. The van der Waals surface area contributed by atoms with E-state index in [4.69, 9.17) is 11.6 Å². The molecule has 2 aliphatic rings. The number of hydrogen-bond donors (Lipinski definition) is 0. The maximum absolute atomic E-state index is 6.33. The lowest BCUT2D eigenvalue weighted by molar-refractivity contribution is 0.249. The van der Waals surface area contributed by atoms with Gasteiger partial charge in [0.15, 0.2) is 0 Å². The van der Waals surface area contributed by atoms with E-state index in [0.717, 1.165) is 16.3 Å². The molecule has 2 fully saturated rings. The fourth-order valence-electron chi connectivity index (χ4n) is 3.55. The Morgan fingerprint density at radius 2 is 1.81 bits per heavy atom. The molecule has 0 radical (unpaired) electrons. The van der Waals surface area contributed by atoms with Gasteiger partial charge in [0, 0.05) is 35.7 Å². The van der Waals surface area contributed by atoms with Gasteiger partial charge >= 0.3 is 0 Å². The van der Waals surface area contributed by atoms with E-state index in [1.807, 2.05) is 0 Å². The highest BCUT2D eigenvalue weighted by molar-refractivity contribution is 9.08. The van der Waals surface area contributed by atoms with E-state index in [2.05, 4.69) is 43.9 Å². The molecule has 0 unspecified atom stereocenters. The minimum absolute atomic E-state index is 0.823. The van der Waals surface area contributed by atoms with E-state index in [-0.39, 0.29) is 0 Å². The number of hydrogen-bond acceptors (Lipinski definition) is 2. The smallest absolute Gasteiger partial charge is 0.0467 e. The average molecular weight is 372 g/mol. The topological polar surface area (TPSA) is 6.48 Å². The maximum Gasteiger partial charge on any atom is 0.0467 e. The van der Waals surface area contributed by atoms with E-state index in [0.29, 0.717) is 0 Å². The van der Waals surface area contributed by atoms with Crippen LogP contribution in [0.2, 0.25) is 5.02 Å². The van der Waals surface area contributed by atoms with Crippen molar-refractivity contribution in [1.29, 1.82) is 0 Å². The van der Waals surface area contributed by atoms with Crippen molar-refractivity contribution in [2.45, 2.75) is 31.0 Å². The number of likely N-dealkylation sites (tertiary alicyclic amines) is 1.